The fourth-order valence-corrected chi connectivity index (χ4v) is 4.40. The van der Waals surface area contributed by atoms with E-state index in [1.807, 2.05) is 0 Å². The van der Waals surface area contributed by atoms with Crippen molar-refractivity contribution in [3.8, 4) is 0 Å². The quantitative estimate of drug-likeness (QED) is 0.603. The lowest BCUT2D eigenvalue weighted by Crippen LogP contribution is -2.64. The molecule has 3 aliphatic rings. The third-order valence-corrected chi connectivity index (χ3v) is 5.50. The molecule has 3 N–H and O–H groups in total. The van der Waals surface area contributed by atoms with Crippen molar-refractivity contribution < 1.29 is 4.74 Å². The van der Waals surface area contributed by atoms with Gasteiger partial charge in [-0.1, -0.05) is 33.1 Å². The van der Waals surface area contributed by atoms with Crippen LogP contribution in [-0.2, 0) is 4.74 Å². The number of nitrogens with two attached hydrogens (primary N) is 1. The zero-order chi connectivity index (χ0) is 14.2. The second-order valence-corrected chi connectivity index (χ2v) is 7.36. The van der Waals surface area contributed by atoms with Gasteiger partial charge in [0.15, 0.2) is 5.96 Å². The molecule has 1 saturated heterocycles. The fourth-order valence-electron chi connectivity index (χ4n) is 4.40. The van der Waals surface area contributed by atoms with E-state index in [1.165, 1.54) is 44.9 Å². The minimum Gasteiger partial charge on any atom is -0.377 e. The van der Waals surface area contributed by atoms with Crippen LogP contribution in [0.4, 0.5) is 0 Å². The van der Waals surface area contributed by atoms with E-state index in [-0.39, 0.29) is 5.41 Å². The summed E-state index contributed by atoms with van der Waals surface area (Å²) in [5.74, 6) is 1.23. The van der Waals surface area contributed by atoms with E-state index in [9.17, 15) is 0 Å². The van der Waals surface area contributed by atoms with Gasteiger partial charge < -0.3 is 15.8 Å². The van der Waals surface area contributed by atoms with Gasteiger partial charge in [-0.25, -0.2) is 4.99 Å². The smallest absolute Gasteiger partial charge is 0.189 e. The van der Waals surface area contributed by atoms with Gasteiger partial charge in [-0.05, 0) is 25.7 Å². The highest BCUT2D eigenvalue weighted by molar-refractivity contribution is 5.78. The van der Waals surface area contributed by atoms with Crippen molar-refractivity contribution in [2.45, 2.75) is 77.0 Å². The molecule has 3 unspecified atom stereocenters. The first kappa shape index (κ1) is 14.2. The molecule has 114 valence electrons. The van der Waals surface area contributed by atoms with E-state index in [4.69, 9.17) is 15.5 Å². The zero-order valence-corrected chi connectivity index (χ0v) is 12.9. The zero-order valence-electron chi connectivity index (χ0n) is 12.9. The number of hydrogen-bond acceptors (Lipinski definition) is 2. The predicted molar refractivity (Wildman–Crippen MR) is 81.7 cm³/mol. The maximum Gasteiger partial charge on any atom is 0.189 e. The number of fused-ring (bicyclic) bond motifs is 1. The monoisotopic (exact) mass is 279 g/mol. The van der Waals surface area contributed by atoms with Crippen LogP contribution in [0.1, 0.15) is 58.8 Å². The number of ether oxygens (including phenoxy) is 1. The Morgan fingerprint density at radius 3 is 2.65 bits per heavy atom. The average molecular weight is 279 g/mol. The molecule has 0 aromatic heterocycles. The van der Waals surface area contributed by atoms with E-state index >= 15 is 0 Å². The van der Waals surface area contributed by atoms with E-state index in [0.29, 0.717) is 30.1 Å². The van der Waals surface area contributed by atoms with Crippen LogP contribution >= 0.6 is 0 Å². The Morgan fingerprint density at radius 2 is 1.90 bits per heavy atom. The van der Waals surface area contributed by atoms with Gasteiger partial charge in [-0.15, -0.1) is 0 Å². The largest absolute Gasteiger partial charge is 0.377 e. The fraction of sp³-hybridized carbons (Fsp3) is 0.938. The summed E-state index contributed by atoms with van der Waals surface area (Å²) in [7, 11) is 0. The molecule has 0 bridgehead atoms. The van der Waals surface area contributed by atoms with Gasteiger partial charge in [0.05, 0.1) is 12.1 Å². The average Bonchev–Trinajstić information content (AvgIpc) is 2.46. The Kier molecular flexibility index (Phi) is 3.93. The molecular weight excluding hydrogens is 250 g/mol. The highest BCUT2D eigenvalue weighted by Gasteiger charge is 2.58. The Bertz CT molecular complexity index is 374. The standard InChI is InChI=1S/C16H29N3O/c1-16(2)13(12-9-6-10-20-14(12)16)19-15(17)18-11-7-4-3-5-8-11/h11-14H,3-10H2,1-2H3,(H3,17,18,19). The predicted octanol–water partition coefficient (Wildman–Crippen LogP) is 2.43. The second-order valence-electron chi connectivity index (χ2n) is 7.36. The highest BCUT2D eigenvalue weighted by atomic mass is 16.5. The minimum absolute atomic E-state index is 0.129. The molecule has 3 rings (SSSR count). The lowest BCUT2D eigenvalue weighted by atomic mass is 9.55. The van der Waals surface area contributed by atoms with E-state index in [0.717, 1.165) is 6.61 Å². The molecule has 0 amide bonds. The van der Waals surface area contributed by atoms with Crippen LogP contribution in [0.3, 0.4) is 0 Å². The van der Waals surface area contributed by atoms with Gasteiger partial charge in [-0.2, -0.15) is 0 Å². The van der Waals surface area contributed by atoms with Crippen LogP contribution in [0, 0.1) is 11.3 Å². The summed E-state index contributed by atoms with van der Waals surface area (Å²) in [6.45, 7) is 5.44. The number of guanidine groups is 1. The van der Waals surface area contributed by atoms with Crippen molar-refractivity contribution in [2.75, 3.05) is 6.61 Å². The number of aliphatic imine (C=N–C) groups is 1. The minimum atomic E-state index is 0.129. The van der Waals surface area contributed by atoms with Crippen LogP contribution < -0.4 is 11.1 Å². The van der Waals surface area contributed by atoms with Gasteiger partial charge in [0.1, 0.15) is 0 Å². The Labute approximate surface area is 122 Å². The first-order valence-electron chi connectivity index (χ1n) is 8.30. The van der Waals surface area contributed by atoms with Crippen molar-refractivity contribution in [1.29, 1.82) is 0 Å². The van der Waals surface area contributed by atoms with Crippen molar-refractivity contribution in [3.63, 3.8) is 0 Å². The van der Waals surface area contributed by atoms with Gasteiger partial charge in [-0.3, -0.25) is 0 Å². The van der Waals surface area contributed by atoms with Crippen molar-refractivity contribution >= 4 is 5.96 Å². The molecule has 3 fully saturated rings. The van der Waals surface area contributed by atoms with Crippen LogP contribution in [0.5, 0.6) is 0 Å². The third kappa shape index (κ3) is 2.54. The molecule has 0 aromatic rings. The topological polar surface area (TPSA) is 59.6 Å². The summed E-state index contributed by atoms with van der Waals surface area (Å²) >= 11 is 0. The van der Waals surface area contributed by atoms with Crippen molar-refractivity contribution in [3.05, 3.63) is 0 Å². The Balaban J connectivity index is 1.61. The van der Waals surface area contributed by atoms with Gasteiger partial charge in [0, 0.05) is 24.0 Å². The number of hydrogen-bond donors (Lipinski definition) is 2. The molecule has 3 atom stereocenters. The first-order valence-corrected chi connectivity index (χ1v) is 8.30. The summed E-state index contributed by atoms with van der Waals surface area (Å²) in [6.07, 6.45) is 9.26. The van der Waals surface area contributed by atoms with Crippen molar-refractivity contribution in [1.82, 2.24) is 5.32 Å². The molecule has 4 nitrogen and oxygen atoms in total. The lowest BCUT2D eigenvalue weighted by Gasteiger charge is -2.58. The second kappa shape index (κ2) is 5.55. The molecule has 0 spiro atoms. The Morgan fingerprint density at radius 1 is 1.15 bits per heavy atom. The molecule has 0 radical (unpaired) electrons. The van der Waals surface area contributed by atoms with Crippen LogP contribution in [0.25, 0.3) is 0 Å². The van der Waals surface area contributed by atoms with Gasteiger partial charge in [0.25, 0.3) is 0 Å². The first-order chi connectivity index (χ1) is 9.59. The number of nitrogens with one attached hydrogen (secondary N) is 1. The van der Waals surface area contributed by atoms with Crippen LogP contribution in [0.15, 0.2) is 4.99 Å². The molecule has 2 saturated carbocycles. The molecule has 0 aromatic carbocycles. The van der Waals surface area contributed by atoms with Gasteiger partial charge >= 0.3 is 0 Å². The lowest BCUT2D eigenvalue weighted by molar-refractivity contribution is -0.182. The van der Waals surface area contributed by atoms with Gasteiger partial charge in [0.2, 0.25) is 0 Å². The van der Waals surface area contributed by atoms with E-state index in [2.05, 4.69) is 19.2 Å². The molecule has 20 heavy (non-hydrogen) atoms. The third-order valence-electron chi connectivity index (χ3n) is 5.50. The molecule has 1 heterocycles. The Hall–Kier alpha value is -0.770. The summed E-state index contributed by atoms with van der Waals surface area (Å²) < 4.78 is 5.92. The summed E-state index contributed by atoms with van der Waals surface area (Å²) in [5.41, 5.74) is 6.28. The van der Waals surface area contributed by atoms with E-state index < -0.39 is 0 Å². The molecular formula is C16H29N3O. The van der Waals surface area contributed by atoms with Crippen LogP contribution in [0.2, 0.25) is 0 Å². The molecule has 1 aliphatic heterocycles. The number of rotatable bonds is 2. The number of nitrogens with zero attached hydrogens (tertiary/aromatic N) is 1. The maximum absolute atomic E-state index is 6.16. The SMILES string of the molecule is CC1(C)C(N=C(N)NC2CCCCC2)C2CCCOC21. The van der Waals surface area contributed by atoms with E-state index in [1.54, 1.807) is 0 Å². The maximum atomic E-state index is 6.16. The summed E-state index contributed by atoms with van der Waals surface area (Å²) in [6, 6.07) is 0.859. The molecule has 2 aliphatic carbocycles. The highest BCUT2D eigenvalue weighted by Crippen LogP contribution is 2.52. The molecule has 4 heteroatoms. The van der Waals surface area contributed by atoms with Crippen molar-refractivity contribution in [2.24, 2.45) is 22.1 Å². The normalized spacial score (nSPS) is 37.9. The summed E-state index contributed by atoms with van der Waals surface area (Å²) in [5, 5.41) is 3.44. The summed E-state index contributed by atoms with van der Waals surface area (Å²) in [4.78, 5) is 4.82. The van der Waals surface area contributed by atoms with Crippen LogP contribution in [-0.4, -0.2) is 30.8 Å².